The summed E-state index contributed by atoms with van der Waals surface area (Å²) in [7, 11) is 0. The maximum Gasteiger partial charge on any atom is 0.409 e. The number of guanidine groups is 1. The van der Waals surface area contributed by atoms with E-state index in [2.05, 4.69) is 32.9 Å². The lowest BCUT2D eigenvalue weighted by molar-refractivity contribution is 0.0497. The molecular weight excluding hydrogens is 404 g/mol. The molecule has 0 aromatic carbocycles. The number of nitriles is 1. The van der Waals surface area contributed by atoms with Crippen molar-refractivity contribution in [1.82, 2.24) is 20.9 Å². The van der Waals surface area contributed by atoms with Crippen molar-refractivity contribution in [1.29, 1.82) is 5.26 Å². The molecule has 1 amide bonds. The number of hydrogen-bond acceptors (Lipinski definition) is 5. The predicted molar refractivity (Wildman–Crippen MR) is 128 cm³/mol. The molecule has 178 valence electrons. The highest BCUT2D eigenvalue weighted by Gasteiger charge is 2.20. The molecule has 8 nitrogen and oxygen atoms in total. The first-order valence-corrected chi connectivity index (χ1v) is 11.7. The van der Waals surface area contributed by atoms with Gasteiger partial charge in [-0.15, -0.1) is 0 Å². The van der Waals surface area contributed by atoms with Crippen molar-refractivity contribution in [2.24, 2.45) is 4.99 Å². The summed E-state index contributed by atoms with van der Waals surface area (Å²) in [5.74, 6) is 0.260. The first-order valence-electron chi connectivity index (χ1n) is 11.7. The first kappa shape index (κ1) is 27.2. The third kappa shape index (κ3) is 14.2. The number of nitrogens with one attached hydrogen (secondary N) is 3. The van der Waals surface area contributed by atoms with Crippen LogP contribution in [0, 0.1) is 11.5 Å². The number of rotatable bonds is 13. The Hall–Kier alpha value is -2.82. The number of alkyl carbamates (subject to hydrolysis) is 1. The van der Waals surface area contributed by atoms with Crippen molar-refractivity contribution >= 4 is 17.7 Å². The molecule has 0 fully saturated rings. The van der Waals surface area contributed by atoms with Gasteiger partial charge in [0.15, 0.2) is 6.19 Å². The Labute approximate surface area is 193 Å². The van der Waals surface area contributed by atoms with Gasteiger partial charge in [0.05, 0.1) is 5.69 Å². The highest BCUT2D eigenvalue weighted by molar-refractivity contribution is 5.84. The molecule has 0 saturated heterocycles. The molecule has 0 aliphatic rings. The summed E-state index contributed by atoms with van der Waals surface area (Å²) in [6, 6.07) is 3.47. The molecule has 1 heterocycles. The molecule has 3 N–H and O–H groups in total. The van der Waals surface area contributed by atoms with Gasteiger partial charge in [0.1, 0.15) is 11.8 Å². The number of aromatic nitrogens is 1. The van der Waals surface area contributed by atoms with Gasteiger partial charge in [0, 0.05) is 12.4 Å². The lowest BCUT2D eigenvalue weighted by Gasteiger charge is -2.25. The zero-order valence-electron chi connectivity index (χ0n) is 20.1. The lowest BCUT2D eigenvalue weighted by atomic mass is 10.1. The van der Waals surface area contributed by atoms with Gasteiger partial charge in [-0.05, 0) is 45.7 Å². The maximum absolute atomic E-state index is 12.3. The molecular formula is C24H40N6O2. The van der Waals surface area contributed by atoms with E-state index in [1.807, 2.05) is 27.0 Å². The Morgan fingerprint density at radius 1 is 1.06 bits per heavy atom. The van der Waals surface area contributed by atoms with Crippen molar-refractivity contribution < 1.29 is 9.53 Å². The molecule has 1 atom stereocenters. The zero-order chi connectivity index (χ0) is 23.7. The SMILES string of the molecule is CCCCCCCCCCCC(NC(=O)OC(C)(C)C)N/C(=N\c1ccncc1)NC#N. The second kappa shape index (κ2) is 15.9. The molecule has 0 saturated carbocycles. The molecule has 0 aliphatic heterocycles. The Morgan fingerprint density at radius 2 is 1.66 bits per heavy atom. The highest BCUT2D eigenvalue weighted by atomic mass is 16.6. The molecule has 1 aromatic heterocycles. The minimum Gasteiger partial charge on any atom is -0.444 e. The van der Waals surface area contributed by atoms with Crippen LogP contribution in [0.4, 0.5) is 10.5 Å². The predicted octanol–water partition coefficient (Wildman–Crippen LogP) is 5.50. The van der Waals surface area contributed by atoms with Crippen molar-refractivity contribution in [2.45, 2.75) is 104 Å². The normalized spacial score (nSPS) is 12.5. The van der Waals surface area contributed by atoms with E-state index in [1.165, 1.54) is 44.9 Å². The third-order valence-corrected chi connectivity index (χ3v) is 4.68. The minimum atomic E-state index is -0.592. The van der Waals surface area contributed by atoms with Gasteiger partial charge < -0.3 is 15.4 Å². The fraction of sp³-hybridized carbons (Fsp3) is 0.667. The van der Waals surface area contributed by atoms with Gasteiger partial charge in [-0.25, -0.2) is 9.79 Å². The minimum absolute atomic E-state index is 0.260. The summed E-state index contributed by atoms with van der Waals surface area (Å²) >= 11 is 0. The van der Waals surface area contributed by atoms with Gasteiger partial charge in [-0.1, -0.05) is 58.3 Å². The topological polar surface area (TPSA) is 111 Å². The number of amides is 1. The van der Waals surface area contributed by atoms with Gasteiger partial charge in [-0.3, -0.25) is 10.3 Å². The summed E-state index contributed by atoms with van der Waals surface area (Å²) in [4.78, 5) is 20.7. The second-order valence-corrected chi connectivity index (χ2v) is 8.86. The monoisotopic (exact) mass is 444 g/mol. The highest BCUT2D eigenvalue weighted by Crippen LogP contribution is 2.13. The van der Waals surface area contributed by atoms with Gasteiger partial charge in [-0.2, -0.15) is 5.26 Å². The summed E-state index contributed by atoms with van der Waals surface area (Å²) in [5, 5.41) is 17.6. The van der Waals surface area contributed by atoms with Crippen molar-refractivity contribution in [3.8, 4) is 6.19 Å². The fourth-order valence-corrected chi connectivity index (χ4v) is 3.15. The largest absolute Gasteiger partial charge is 0.444 e. The van der Waals surface area contributed by atoms with Crippen LogP contribution in [0.5, 0.6) is 0 Å². The van der Waals surface area contributed by atoms with Gasteiger partial charge in [0.25, 0.3) is 0 Å². The average Bonchev–Trinajstić information content (AvgIpc) is 2.72. The van der Waals surface area contributed by atoms with E-state index in [0.29, 0.717) is 12.1 Å². The van der Waals surface area contributed by atoms with Crippen LogP contribution < -0.4 is 16.0 Å². The number of pyridine rings is 1. The maximum atomic E-state index is 12.3. The average molecular weight is 445 g/mol. The summed E-state index contributed by atoms with van der Waals surface area (Å²) in [6.07, 6.45) is 15.9. The van der Waals surface area contributed by atoms with Crippen LogP contribution in [-0.2, 0) is 4.74 Å². The number of unbranched alkanes of at least 4 members (excludes halogenated alkanes) is 8. The Bertz CT molecular complexity index is 709. The van der Waals surface area contributed by atoms with E-state index in [9.17, 15) is 4.79 Å². The van der Waals surface area contributed by atoms with Crippen molar-refractivity contribution in [3.05, 3.63) is 24.5 Å². The molecule has 32 heavy (non-hydrogen) atoms. The van der Waals surface area contributed by atoms with Crippen LogP contribution in [0.1, 0.15) is 91.9 Å². The van der Waals surface area contributed by atoms with Crippen molar-refractivity contribution in [2.75, 3.05) is 0 Å². The molecule has 0 aliphatic carbocycles. The standard InChI is InChI=1S/C24H40N6O2/c1-5-6-7-8-9-10-11-12-13-14-21(30-23(31)32-24(2,3)4)29-22(27-19-25)28-20-15-17-26-18-16-20/h15-18,21H,5-14H2,1-4H3,(H,30,31)(H2,26,27,28,29). The van der Waals surface area contributed by atoms with Gasteiger partial charge in [0.2, 0.25) is 5.96 Å². The molecule has 0 bridgehead atoms. The fourth-order valence-electron chi connectivity index (χ4n) is 3.15. The summed E-state index contributed by atoms with van der Waals surface area (Å²) < 4.78 is 5.40. The summed E-state index contributed by atoms with van der Waals surface area (Å²) in [6.45, 7) is 7.70. The molecule has 1 aromatic rings. The van der Waals surface area contributed by atoms with Crippen LogP contribution in [0.15, 0.2) is 29.5 Å². The van der Waals surface area contributed by atoms with E-state index >= 15 is 0 Å². The smallest absolute Gasteiger partial charge is 0.409 e. The lowest BCUT2D eigenvalue weighted by Crippen LogP contribution is -2.52. The van der Waals surface area contributed by atoms with Crippen LogP contribution in [0.25, 0.3) is 0 Å². The van der Waals surface area contributed by atoms with E-state index in [-0.39, 0.29) is 5.96 Å². The number of aliphatic imine (C=N–C) groups is 1. The molecule has 1 unspecified atom stereocenters. The van der Waals surface area contributed by atoms with E-state index < -0.39 is 17.9 Å². The van der Waals surface area contributed by atoms with E-state index in [0.717, 1.165) is 12.8 Å². The molecule has 1 rings (SSSR count). The number of carbonyl (C=O) groups is 1. The van der Waals surface area contributed by atoms with E-state index in [4.69, 9.17) is 10.00 Å². The quantitative estimate of drug-likeness (QED) is 0.0925. The third-order valence-electron chi connectivity index (χ3n) is 4.68. The molecule has 0 spiro atoms. The van der Waals surface area contributed by atoms with Crippen LogP contribution in [-0.4, -0.2) is 28.8 Å². The van der Waals surface area contributed by atoms with Crippen LogP contribution in [0.3, 0.4) is 0 Å². The number of carbonyl (C=O) groups excluding carboxylic acids is 1. The second-order valence-electron chi connectivity index (χ2n) is 8.86. The zero-order valence-corrected chi connectivity index (χ0v) is 20.1. The molecule has 0 radical (unpaired) electrons. The van der Waals surface area contributed by atoms with Gasteiger partial charge >= 0.3 is 6.09 Å². The number of hydrogen-bond donors (Lipinski definition) is 3. The van der Waals surface area contributed by atoms with E-state index in [1.54, 1.807) is 24.5 Å². The van der Waals surface area contributed by atoms with Crippen LogP contribution in [0.2, 0.25) is 0 Å². The number of ether oxygens (including phenoxy) is 1. The summed E-state index contributed by atoms with van der Waals surface area (Å²) in [5.41, 5.74) is 0.0509. The Morgan fingerprint density at radius 3 is 2.22 bits per heavy atom. The van der Waals surface area contributed by atoms with Crippen LogP contribution >= 0.6 is 0 Å². The Kier molecular flexibility index (Phi) is 13.5. The molecule has 8 heteroatoms. The Balaban J connectivity index is 2.63. The van der Waals surface area contributed by atoms with Crippen molar-refractivity contribution in [3.63, 3.8) is 0 Å². The first-order chi connectivity index (χ1) is 15.3. The number of nitrogens with zero attached hydrogens (tertiary/aromatic N) is 3.